The van der Waals surface area contributed by atoms with Gasteiger partial charge in [-0.2, -0.15) is 17.0 Å². The van der Waals surface area contributed by atoms with E-state index in [-0.39, 0.29) is 6.04 Å². The van der Waals surface area contributed by atoms with E-state index in [4.69, 9.17) is 0 Å². The van der Waals surface area contributed by atoms with Crippen LogP contribution in [0, 0.1) is 0 Å². The number of nitrogens with one attached hydrogen (secondary N) is 1. The maximum atomic E-state index is 12.8. The molecule has 1 aromatic heterocycles. The van der Waals surface area contributed by atoms with Gasteiger partial charge >= 0.3 is 0 Å². The Hall–Kier alpha value is -0.520. The fourth-order valence-corrected chi connectivity index (χ4v) is 7.04. The summed E-state index contributed by atoms with van der Waals surface area (Å²) in [6.45, 7) is 5.63. The molecule has 1 aliphatic heterocycles. The Bertz CT molecular complexity index is 718. The number of nitrogens with zero attached hydrogens (tertiary/aromatic N) is 2. The zero-order chi connectivity index (χ0) is 18.5. The largest absolute Gasteiger partial charge is 0.281 e. The second-order valence-corrected chi connectivity index (χ2v) is 11.0. The number of sulfonamides is 1. The van der Waals surface area contributed by atoms with Gasteiger partial charge in [-0.15, -0.1) is 11.3 Å². The van der Waals surface area contributed by atoms with E-state index >= 15 is 0 Å². The van der Waals surface area contributed by atoms with Crippen molar-refractivity contribution in [3.8, 4) is 0 Å². The average molecular weight is 410 g/mol. The van der Waals surface area contributed by atoms with Crippen molar-refractivity contribution in [2.24, 2.45) is 0 Å². The van der Waals surface area contributed by atoms with Gasteiger partial charge < -0.3 is 0 Å². The molecule has 0 bridgehead atoms. The van der Waals surface area contributed by atoms with Crippen LogP contribution in [-0.4, -0.2) is 57.7 Å². The summed E-state index contributed by atoms with van der Waals surface area (Å²) in [5, 5.41) is 1.72. The van der Waals surface area contributed by atoms with Gasteiger partial charge in [0, 0.05) is 32.2 Å². The van der Waals surface area contributed by atoms with Gasteiger partial charge in [0.2, 0.25) is 10.0 Å². The lowest BCUT2D eigenvalue weighted by atomic mass is 10.1. The third-order valence-electron chi connectivity index (χ3n) is 4.13. The van der Waals surface area contributed by atoms with Gasteiger partial charge in [0.1, 0.15) is 4.21 Å². The van der Waals surface area contributed by atoms with Crippen LogP contribution >= 0.6 is 11.3 Å². The van der Waals surface area contributed by atoms with Gasteiger partial charge in [-0.1, -0.05) is 19.9 Å². The van der Waals surface area contributed by atoms with Crippen LogP contribution in [0.4, 0.5) is 0 Å². The van der Waals surface area contributed by atoms with E-state index in [0.717, 1.165) is 12.8 Å². The highest BCUT2D eigenvalue weighted by molar-refractivity contribution is 7.91. The smallest absolute Gasteiger partial charge is 0.207 e. The lowest BCUT2D eigenvalue weighted by Gasteiger charge is -2.34. The second-order valence-electron chi connectivity index (χ2n) is 6.13. The van der Waals surface area contributed by atoms with Gasteiger partial charge in [0.15, 0.2) is 0 Å². The van der Waals surface area contributed by atoms with E-state index in [1.807, 2.05) is 13.8 Å². The minimum absolute atomic E-state index is 0.232. The Labute approximate surface area is 155 Å². The molecule has 144 valence electrons. The lowest BCUT2D eigenvalue weighted by molar-refractivity contribution is 0.279. The normalized spacial score (nSPS) is 18.0. The first kappa shape index (κ1) is 20.8. The Balaban J connectivity index is 1.96. The molecule has 10 heteroatoms. The average Bonchev–Trinajstić information content (AvgIpc) is 3.10. The Morgan fingerprint density at radius 2 is 1.76 bits per heavy atom. The zero-order valence-corrected chi connectivity index (χ0v) is 17.2. The van der Waals surface area contributed by atoms with Gasteiger partial charge in [-0.3, -0.25) is 0 Å². The van der Waals surface area contributed by atoms with E-state index in [9.17, 15) is 16.8 Å². The van der Waals surface area contributed by atoms with E-state index < -0.39 is 20.2 Å². The molecule has 0 spiro atoms. The molecule has 1 saturated heterocycles. The van der Waals surface area contributed by atoms with Crippen LogP contribution in [0.1, 0.15) is 39.5 Å². The molecule has 0 unspecified atom stereocenters. The third-order valence-corrected chi connectivity index (χ3v) is 9.09. The van der Waals surface area contributed by atoms with Crippen molar-refractivity contribution in [3.05, 3.63) is 17.5 Å². The molecule has 1 N–H and O–H groups in total. The van der Waals surface area contributed by atoms with E-state index in [1.54, 1.807) is 17.5 Å². The van der Waals surface area contributed by atoms with Crippen LogP contribution in [-0.2, 0) is 20.2 Å². The first-order valence-corrected chi connectivity index (χ1v) is 12.4. The molecule has 0 saturated carbocycles. The molecule has 2 heterocycles. The minimum Gasteiger partial charge on any atom is -0.207 e. The number of hydrogen-bond acceptors (Lipinski definition) is 5. The molecule has 0 aromatic carbocycles. The van der Waals surface area contributed by atoms with Crippen molar-refractivity contribution >= 4 is 31.6 Å². The summed E-state index contributed by atoms with van der Waals surface area (Å²) in [7, 11) is -6.98. The van der Waals surface area contributed by atoms with Crippen LogP contribution in [0.2, 0.25) is 0 Å². The zero-order valence-electron chi connectivity index (χ0n) is 14.7. The van der Waals surface area contributed by atoms with Crippen LogP contribution < -0.4 is 4.72 Å². The van der Waals surface area contributed by atoms with Crippen LogP contribution in [0.25, 0.3) is 0 Å². The summed E-state index contributed by atoms with van der Waals surface area (Å²) in [6, 6.07) is 3.04. The number of piperidine rings is 1. The Morgan fingerprint density at radius 3 is 2.24 bits per heavy atom. The van der Waals surface area contributed by atoms with Crippen molar-refractivity contribution in [1.29, 1.82) is 0 Å². The van der Waals surface area contributed by atoms with E-state index in [2.05, 4.69) is 4.72 Å². The van der Waals surface area contributed by atoms with Gasteiger partial charge in [0.05, 0.1) is 0 Å². The maximum Gasteiger partial charge on any atom is 0.281 e. The quantitative estimate of drug-likeness (QED) is 0.674. The SMILES string of the molecule is CCCN(CCC)S(=O)(=O)N1CCC(NS(=O)(=O)c2cccs2)CC1. The highest BCUT2D eigenvalue weighted by Gasteiger charge is 2.33. The van der Waals surface area contributed by atoms with E-state index in [0.29, 0.717) is 43.2 Å². The summed E-state index contributed by atoms with van der Waals surface area (Å²) in [5.74, 6) is 0. The first-order chi connectivity index (χ1) is 11.8. The van der Waals surface area contributed by atoms with Crippen LogP contribution in [0.5, 0.6) is 0 Å². The van der Waals surface area contributed by atoms with Crippen molar-refractivity contribution in [2.45, 2.75) is 49.8 Å². The molecule has 0 aliphatic carbocycles. The highest BCUT2D eigenvalue weighted by atomic mass is 32.2. The molecular weight excluding hydrogens is 382 g/mol. The van der Waals surface area contributed by atoms with Crippen LogP contribution in [0.3, 0.4) is 0 Å². The fraction of sp³-hybridized carbons (Fsp3) is 0.733. The highest BCUT2D eigenvalue weighted by Crippen LogP contribution is 2.21. The summed E-state index contributed by atoms with van der Waals surface area (Å²) in [5.41, 5.74) is 0. The summed E-state index contributed by atoms with van der Waals surface area (Å²) in [4.78, 5) is 0. The number of thiophene rings is 1. The molecule has 1 fully saturated rings. The summed E-state index contributed by atoms with van der Waals surface area (Å²) in [6.07, 6.45) is 2.51. The van der Waals surface area contributed by atoms with Gasteiger partial charge in [-0.25, -0.2) is 13.1 Å². The predicted octanol–water partition coefficient (Wildman–Crippen LogP) is 1.86. The molecule has 1 aromatic rings. The monoisotopic (exact) mass is 409 g/mol. The Kier molecular flexibility index (Phi) is 7.41. The maximum absolute atomic E-state index is 12.8. The molecule has 7 nitrogen and oxygen atoms in total. The molecule has 0 atom stereocenters. The first-order valence-electron chi connectivity index (χ1n) is 8.62. The van der Waals surface area contributed by atoms with E-state index in [1.165, 1.54) is 19.9 Å². The van der Waals surface area contributed by atoms with Crippen molar-refractivity contribution in [1.82, 2.24) is 13.3 Å². The molecular formula is C15H27N3O4S3. The fourth-order valence-electron chi connectivity index (χ4n) is 2.90. The molecule has 0 amide bonds. The standard InChI is InChI=1S/C15H27N3O4S3/c1-3-9-17(10-4-2)25(21,22)18-11-7-14(8-12-18)16-24(19,20)15-6-5-13-23-15/h5-6,13-14,16H,3-4,7-12H2,1-2H3. The summed E-state index contributed by atoms with van der Waals surface area (Å²) < 4.78 is 56.1. The van der Waals surface area contributed by atoms with Gasteiger partial charge in [-0.05, 0) is 37.1 Å². The molecule has 0 radical (unpaired) electrons. The van der Waals surface area contributed by atoms with Gasteiger partial charge in [0.25, 0.3) is 10.2 Å². The predicted molar refractivity (Wildman–Crippen MR) is 100 cm³/mol. The van der Waals surface area contributed by atoms with Crippen molar-refractivity contribution in [3.63, 3.8) is 0 Å². The van der Waals surface area contributed by atoms with Crippen LogP contribution in [0.15, 0.2) is 21.7 Å². The second kappa shape index (κ2) is 8.92. The molecule has 2 rings (SSSR count). The number of rotatable bonds is 9. The molecule has 25 heavy (non-hydrogen) atoms. The Morgan fingerprint density at radius 1 is 1.16 bits per heavy atom. The molecule has 1 aliphatic rings. The van der Waals surface area contributed by atoms with Crippen molar-refractivity contribution in [2.75, 3.05) is 26.2 Å². The topological polar surface area (TPSA) is 86.8 Å². The summed E-state index contributed by atoms with van der Waals surface area (Å²) >= 11 is 1.17. The minimum atomic E-state index is -3.51. The van der Waals surface area contributed by atoms with Crippen molar-refractivity contribution < 1.29 is 16.8 Å². The number of hydrogen-bond donors (Lipinski definition) is 1. The lowest BCUT2D eigenvalue weighted by Crippen LogP contribution is -2.51. The third kappa shape index (κ3) is 5.24.